The Balaban J connectivity index is 1.54. The minimum atomic E-state index is -0.0324. The van der Waals surface area contributed by atoms with Gasteiger partial charge in [0.15, 0.2) is 0 Å². The lowest BCUT2D eigenvalue weighted by molar-refractivity contribution is -0.117. The Morgan fingerprint density at radius 2 is 1.81 bits per heavy atom. The molecule has 1 saturated heterocycles. The Hall–Kier alpha value is -1.75. The van der Waals surface area contributed by atoms with Crippen molar-refractivity contribution >= 4 is 40.5 Å². The molecule has 26 heavy (non-hydrogen) atoms. The molecular formula is C20H23Cl2N3O. The van der Waals surface area contributed by atoms with E-state index in [1.165, 1.54) is 0 Å². The molecule has 0 unspecified atom stereocenters. The maximum Gasteiger partial charge on any atom is 0.238 e. The lowest BCUT2D eigenvalue weighted by Crippen LogP contribution is -2.48. The monoisotopic (exact) mass is 391 g/mol. The van der Waals surface area contributed by atoms with Crippen LogP contribution in [0.3, 0.4) is 0 Å². The summed E-state index contributed by atoms with van der Waals surface area (Å²) in [6.45, 7) is 7.73. The summed E-state index contributed by atoms with van der Waals surface area (Å²) in [6, 6.07) is 11.8. The van der Waals surface area contributed by atoms with Crippen LogP contribution in [0.1, 0.15) is 11.1 Å². The summed E-state index contributed by atoms with van der Waals surface area (Å²) >= 11 is 12.3. The van der Waals surface area contributed by atoms with E-state index < -0.39 is 0 Å². The summed E-state index contributed by atoms with van der Waals surface area (Å²) in [4.78, 5) is 16.9. The van der Waals surface area contributed by atoms with Gasteiger partial charge in [0.1, 0.15) is 0 Å². The fraction of sp³-hybridized carbons (Fsp3) is 0.350. The number of benzene rings is 2. The van der Waals surface area contributed by atoms with Crippen LogP contribution in [0.15, 0.2) is 36.4 Å². The van der Waals surface area contributed by atoms with E-state index in [-0.39, 0.29) is 5.91 Å². The van der Waals surface area contributed by atoms with Crippen LogP contribution in [0.4, 0.5) is 11.4 Å². The third kappa shape index (κ3) is 4.70. The normalized spacial score (nSPS) is 15.2. The number of hydrogen-bond acceptors (Lipinski definition) is 3. The van der Waals surface area contributed by atoms with Gasteiger partial charge in [0, 0.05) is 36.9 Å². The SMILES string of the molecule is Cc1cc(C)c(NC(=O)CN2CCN(c3cccc(Cl)c3)CC2)c(Cl)c1. The molecule has 0 radical (unpaired) electrons. The lowest BCUT2D eigenvalue weighted by atomic mass is 10.1. The van der Waals surface area contributed by atoms with Crippen molar-refractivity contribution in [2.75, 3.05) is 42.9 Å². The second-order valence-electron chi connectivity index (χ2n) is 6.73. The lowest BCUT2D eigenvalue weighted by Gasteiger charge is -2.35. The molecule has 1 aliphatic heterocycles. The Morgan fingerprint density at radius 3 is 2.46 bits per heavy atom. The summed E-state index contributed by atoms with van der Waals surface area (Å²) < 4.78 is 0. The Kier molecular flexibility index (Phi) is 6.07. The van der Waals surface area contributed by atoms with Gasteiger partial charge in [0.2, 0.25) is 5.91 Å². The van der Waals surface area contributed by atoms with Crippen LogP contribution in [-0.4, -0.2) is 43.5 Å². The van der Waals surface area contributed by atoms with Crippen LogP contribution < -0.4 is 10.2 Å². The van der Waals surface area contributed by atoms with Crippen LogP contribution in [0, 0.1) is 13.8 Å². The number of hydrogen-bond donors (Lipinski definition) is 1. The topological polar surface area (TPSA) is 35.6 Å². The number of halogens is 2. The summed E-state index contributed by atoms with van der Waals surface area (Å²) in [5.74, 6) is -0.0324. The van der Waals surface area contributed by atoms with Crippen LogP contribution in [-0.2, 0) is 4.79 Å². The van der Waals surface area contributed by atoms with Gasteiger partial charge in [-0.25, -0.2) is 0 Å². The third-order valence-corrected chi connectivity index (χ3v) is 5.14. The zero-order valence-corrected chi connectivity index (χ0v) is 16.6. The molecule has 0 aromatic heterocycles. The molecule has 6 heteroatoms. The zero-order chi connectivity index (χ0) is 18.7. The molecule has 0 aliphatic carbocycles. The molecule has 1 heterocycles. The average molecular weight is 392 g/mol. The Morgan fingerprint density at radius 1 is 1.08 bits per heavy atom. The highest BCUT2D eigenvalue weighted by atomic mass is 35.5. The number of carbonyl (C=O) groups excluding carboxylic acids is 1. The van der Waals surface area contributed by atoms with E-state index >= 15 is 0 Å². The first-order valence-corrected chi connectivity index (χ1v) is 9.47. The summed E-state index contributed by atoms with van der Waals surface area (Å²) in [7, 11) is 0. The van der Waals surface area contributed by atoms with Gasteiger partial charge in [0.05, 0.1) is 17.3 Å². The van der Waals surface area contributed by atoms with Crippen molar-refractivity contribution in [3.8, 4) is 0 Å². The molecule has 0 bridgehead atoms. The van der Waals surface area contributed by atoms with E-state index in [0.29, 0.717) is 17.3 Å². The van der Waals surface area contributed by atoms with E-state index in [2.05, 4.69) is 21.2 Å². The van der Waals surface area contributed by atoms with E-state index in [1.54, 1.807) is 0 Å². The van der Waals surface area contributed by atoms with Crippen molar-refractivity contribution in [1.82, 2.24) is 4.90 Å². The highest BCUT2D eigenvalue weighted by Gasteiger charge is 2.20. The average Bonchev–Trinajstić information content (AvgIpc) is 2.59. The maximum absolute atomic E-state index is 12.4. The highest BCUT2D eigenvalue weighted by molar-refractivity contribution is 6.34. The van der Waals surface area contributed by atoms with Gasteiger partial charge in [-0.15, -0.1) is 0 Å². The number of aryl methyl sites for hydroxylation is 2. The molecule has 3 rings (SSSR count). The van der Waals surface area contributed by atoms with E-state index in [0.717, 1.165) is 48.0 Å². The van der Waals surface area contributed by atoms with Gasteiger partial charge in [-0.1, -0.05) is 35.3 Å². The van der Waals surface area contributed by atoms with Gasteiger partial charge in [-0.2, -0.15) is 0 Å². The molecular weight excluding hydrogens is 369 g/mol. The van der Waals surface area contributed by atoms with Gasteiger partial charge in [-0.3, -0.25) is 9.69 Å². The molecule has 1 aliphatic rings. The predicted molar refractivity (Wildman–Crippen MR) is 110 cm³/mol. The molecule has 0 atom stereocenters. The van der Waals surface area contributed by atoms with Crippen LogP contribution in [0.25, 0.3) is 0 Å². The number of rotatable bonds is 4. The van der Waals surface area contributed by atoms with Crippen LogP contribution in [0.2, 0.25) is 10.0 Å². The highest BCUT2D eigenvalue weighted by Crippen LogP contribution is 2.27. The standard InChI is InChI=1S/C20H23Cl2N3O/c1-14-10-15(2)20(18(22)11-14)23-19(26)13-24-6-8-25(9-7-24)17-5-3-4-16(21)12-17/h3-5,10-12H,6-9,13H2,1-2H3,(H,23,26). The van der Waals surface area contributed by atoms with E-state index in [9.17, 15) is 4.79 Å². The first-order chi connectivity index (χ1) is 12.4. The van der Waals surface area contributed by atoms with Crippen LogP contribution in [0.5, 0.6) is 0 Å². The molecule has 0 saturated carbocycles. The summed E-state index contributed by atoms with van der Waals surface area (Å²) in [6.07, 6.45) is 0. The van der Waals surface area contributed by atoms with Crippen molar-refractivity contribution in [2.45, 2.75) is 13.8 Å². The molecule has 138 valence electrons. The van der Waals surface area contributed by atoms with Gasteiger partial charge in [0.25, 0.3) is 0 Å². The van der Waals surface area contributed by atoms with Gasteiger partial charge in [-0.05, 0) is 49.2 Å². The zero-order valence-electron chi connectivity index (χ0n) is 15.1. The third-order valence-electron chi connectivity index (χ3n) is 4.61. The minimum Gasteiger partial charge on any atom is -0.369 e. The van der Waals surface area contributed by atoms with Crippen LogP contribution >= 0.6 is 23.2 Å². The quantitative estimate of drug-likeness (QED) is 0.839. The molecule has 4 nitrogen and oxygen atoms in total. The number of amides is 1. The molecule has 1 amide bonds. The molecule has 2 aromatic rings. The van der Waals surface area contributed by atoms with E-state index in [4.69, 9.17) is 23.2 Å². The first kappa shape index (κ1) is 19.0. The molecule has 1 fully saturated rings. The smallest absolute Gasteiger partial charge is 0.238 e. The van der Waals surface area contributed by atoms with E-state index in [1.807, 2.05) is 44.2 Å². The predicted octanol–water partition coefficient (Wildman–Crippen LogP) is 4.37. The number of piperazine rings is 1. The number of anilines is 2. The molecule has 1 N–H and O–H groups in total. The van der Waals surface area contributed by atoms with Crippen molar-refractivity contribution in [1.29, 1.82) is 0 Å². The largest absolute Gasteiger partial charge is 0.369 e. The molecule has 2 aromatic carbocycles. The van der Waals surface area contributed by atoms with Crippen molar-refractivity contribution in [3.63, 3.8) is 0 Å². The van der Waals surface area contributed by atoms with Gasteiger partial charge >= 0.3 is 0 Å². The fourth-order valence-electron chi connectivity index (χ4n) is 3.29. The Bertz CT molecular complexity index is 778. The number of carbonyl (C=O) groups is 1. The number of nitrogens with zero attached hydrogens (tertiary/aromatic N) is 2. The first-order valence-electron chi connectivity index (χ1n) is 8.72. The fourth-order valence-corrected chi connectivity index (χ4v) is 3.85. The van der Waals surface area contributed by atoms with Crippen molar-refractivity contribution in [3.05, 3.63) is 57.6 Å². The number of nitrogens with one attached hydrogen (secondary N) is 1. The summed E-state index contributed by atoms with van der Waals surface area (Å²) in [5.41, 5.74) is 3.90. The van der Waals surface area contributed by atoms with Crippen molar-refractivity contribution in [2.24, 2.45) is 0 Å². The van der Waals surface area contributed by atoms with Gasteiger partial charge < -0.3 is 10.2 Å². The minimum absolute atomic E-state index is 0.0324. The second kappa shape index (κ2) is 8.30. The second-order valence-corrected chi connectivity index (χ2v) is 7.57. The maximum atomic E-state index is 12.4. The van der Waals surface area contributed by atoms with Crippen molar-refractivity contribution < 1.29 is 4.79 Å². The summed E-state index contributed by atoms with van der Waals surface area (Å²) in [5, 5.41) is 4.29. The molecule has 0 spiro atoms. The Labute approximate surface area is 164 Å².